The Hall–Kier alpha value is -2.18. The molecular formula is C23H20Cl2N2O2S. The summed E-state index contributed by atoms with van der Waals surface area (Å²) in [4.78, 5) is 4.55. The third kappa shape index (κ3) is 4.44. The molecule has 0 bridgehead atoms. The number of sulfone groups is 1. The van der Waals surface area contributed by atoms with Gasteiger partial charge in [0.1, 0.15) is 0 Å². The fourth-order valence-electron chi connectivity index (χ4n) is 3.58. The maximum atomic E-state index is 13.7. The van der Waals surface area contributed by atoms with Crippen LogP contribution in [0.1, 0.15) is 17.0 Å². The van der Waals surface area contributed by atoms with Crippen molar-refractivity contribution in [3.05, 3.63) is 105 Å². The van der Waals surface area contributed by atoms with E-state index >= 15 is 0 Å². The molecular weight excluding hydrogens is 439 g/mol. The summed E-state index contributed by atoms with van der Waals surface area (Å²) in [6.45, 7) is 1.10. The van der Waals surface area contributed by atoms with Crippen LogP contribution in [0.2, 0.25) is 10.0 Å². The highest BCUT2D eigenvalue weighted by molar-refractivity contribution is 7.95. The van der Waals surface area contributed by atoms with Crippen LogP contribution in [-0.4, -0.2) is 26.5 Å². The monoisotopic (exact) mass is 458 g/mol. The van der Waals surface area contributed by atoms with E-state index in [9.17, 15) is 8.42 Å². The first-order valence-corrected chi connectivity index (χ1v) is 11.8. The van der Waals surface area contributed by atoms with E-state index in [4.69, 9.17) is 23.2 Å². The van der Waals surface area contributed by atoms with Crippen molar-refractivity contribution in [3.63, 3.8) is 0 Å². The number of nitrogens with one attached hydrogen (secondary N) is 1. The van der Waals surface area contributed by atoms with Gasteiger partial charge in [0, 0.05) is 35.2 Å². The topological polar surface area (TPSA) is 59.1 Å². The van der Waals surface area contributed by atoms with Gasteiger partial charge in [0.05, 0.1) is 4.91 Å². The molecule has 7 heteroatoms. The van der Waals surface area contributed by atoms with Gasteiger partial charge in [0.25, 0.3) is 0 Å². The van der Waals surface area contributed by atoms with E-state index in [0.717, 1.165) is 16.7 Å². The molecule has 0 saturated carbocycles. The van der Waals surface area contributed by atoms with E-state index in [2.05, 4.69) is 10.3 Å². The SMILES string of the molecule is O=S(=O)(C(=C1CNC1)C(Cc1ccc(Cl)cc1)c1ccc(Cl)cc1)c1ccccn1. The Morgan fingerprint density at radius 2 is 1.57 bits per heavy atom. The van der Waals surface area contributed by atoms with Crippen molar-refractivity contribution in [2.75, 3.05) is 13.1 Å². The molecule has 2 aromatic carbocycles. The Morgan fingerprint density at radius 1 is 0.933 bits per heavy atom. The second-order valence-electron chi connectivity index (χ2n) is 7.18. The zero-order chi connectivity index (χ0) is 21.1. The van der Waals surface area contributed by atoms with Crippen molar-refractivity contribution in [2.45, 2.75) is 17.4 Å². The molecule has 1 fully saturated rings. The zero-order valence-electron chi connectivity index (χ0n) is 16.1. The predicted molar refractivity (Wildman–Crippen MR) is 121 cm³/mol. The standard InChI is InChI=1S/C23H20Cl2N2O2S/c24-19-8-4-16(5-9-19)13-21(17-6-10-20(25)11-7-17)23(18-14-26-15-18)30(28,29)22-3-1-2-12-27-22/h1-12,21,26H,13-15H2. The van der Waals surface area contributed by atoms with Crippen molar-refractivity contribution < 1.29 is 8.42 Å². The number of nitrogens with zero attached hydrogens (tertiary/aromatic N) is 1. The molecule has 1 N–H and O–H groups in total. The summed E-state index contributed by atoms with van der Waals surface area (Å²) >= 11 is 12.1. The van der Waals surface area contributed by atoms with E-state index in [0.29, 0.717) is 34.5 Å². The van der Waals surface area contributed by atoms with E-state index in [-0.39, 0.29) is 10.9 Å². The summed E-state index contributed by atoms with van der Waals surface area (Å²) in [6, 6.07) is 19.8. The molecule has 2 heterocycles. The number of halogens is 2. The number of allylic oxidation sites excluding steroid dienone is 1. The van der Waals surface area contributed by atoms with Crippen LogP contribution in [0.15, 0.2) is 88.4 Å². The Balaban J connectivity index is 1.86. The van der Waals surface area contributed by atoms with Gasteiger partial charge in [-0.1, -0.05) is 53.5 Å². The average Bonchev–Trinajstić information content (AvgIpc) is 2.72. The number of hydrogen-bond acceptors (Lipinski definition) is 4. The van der Waals surface area contributed by atoms with Gasteiger partial charge in [-0.3, -0.25) is 0 Å². The highest BCUT2D eigenvalue weighted by Gasteiger charge is 2.34. The van der Waals surface area contributed by atoms with Crippen molar-refractivity contribution in [1.29, 1.82) is 0 Å². The first kappa shape index (κ1) is 21.1. The largest absolute Gasteiger partial charge is 0.309 e. The molecule has 30 heavy (non-hydrogen) atoms. The molecule has 4 nitrogen and oxygen atoms in total. The van der Waals surface area contributed by atoms with Crippen LogP contribution in [0.3, 0.4) is 0 Å². The Bertz CT molecular complexity index is 1150. The number of rotatable bonds is 6. The van der Waals surface area contributed by atoms with Crippen LogP contribution in [0, 0.1) is 0 Å². The third-order valence-electron chi connectivity index (χ3n) is 5.17. The van der Waals surface area contributed by atoms with E-state index in [1.807, 2.05) is 36.4 Å². The summed E-state index contributed by atoms with van der Waals surface area (Å²) in [5, 5.41) is 4.49. The molecule has 0 radical (unpaired) electrons. The maximum absolute atomic E-state index is 13.7. The average molecular weight is 459 g/mol. The van der Waals surface area contributed by atoms with Crippen LogP contribution < -0.4 is 5.32 Å². The number of pyridine rings is 1. The fraction of sp³-hybridized carbons (Fsp3) is 0.174. The molecule has 4 rings (SSSR count). The second-order valence-corrected chi connectivity index (χ2v) is 9.92. The summed E-state index contributed by atoms with van der Waals surface area (Å²) in [5.41, 5.74) is 2.78. The lowest BCUT2D eigenvalue weighted by atomic mass is 9.88. The van der Waals surface area contributed by atoms with Gasteiger partial charge in [0.15, 0.2) is 5.03 Å². The number of benzene rings is 2. The predicted octanol–water partition coefficient (Wildman–Crippen LogP) is 5.05. The molecule has 1 unspecified atom stereocenters. The van der Waals surface area contributed by atoms with Gasteiger partial charge in [-0.25, -0.2) is 13.4 Å². The first-order chi connectivity index (χ1) is 14.4. The zero-order valence-corrected chi connectivity index (χ0v) is 18.4. The summed E-state index contributed by atoms with van der Waals surface area (Å²) in [5.74, 6) is -0.368. The van der Waals surface area contributed by atoms with E-state index < -0.39 is 9.84 Å². The van der Waals surface area contributed by atoms with Crippen LogP contribution >= 0.6 is 23.2 Å². The third-order valence-corrected chi connectivity index (χ3v) is 7.62. The Kier molecular flexibility index (Phi) is 6.25. The van der Waals surface area contributed by atoms with Gasteiger partial charge in [0.2, 0.25) is 9.84 Å². The van der Waals surface area contributed by atoms with Crippen LogP contribution in [0.25, 0.3) is 0 Å². The van der Waals surface area contributed by atoms with Crippen LogP contribution in [-0.2, 0) is 16.3 Å². The lowest BCUT2D eigenvalue weighted by Gasteiger charge is -2.29. The Labute approximate surface area is 186 Å². The summed E-state index contributed by atoms with van der Waals surface area (Å²) in [7, 11) is -3.78. The minimum Gasteiger partial charge on any atom is -0.309 e. The first-order valence-electron chi connectivity index (χ1n) is 9.54. The molecule has 1 aliphatic heterocycles. The highest BCUT2D eigenvalue weighted by atomic mass is 35.5. The minimum absolute atomic E-state index is 0.0643. The van der Waals surface area contributed by atoms with Crippen molar-refractivity contribution in [1.82, 2.24) is 10.3 Å². The van der Waals surface area contributed by atoms with Crippen molar-refractivity contribution >= 4 is 33.0 Å². The second kappa shape index (κ2) is 8.90. The molecule has 1 atom stereocenters. The molecule has 154 valence electrons. The lowest BCUT2D eigenvalue weighted by Crippen LogP contribution is -2.37. The fourth-order valence-corrected chi connectivity index (χ4v) is 5.63. The number of aromatic nitrogens is 1. The molecule has 0 amide bonds. The quantitative estimate of drug-likeness (QED) is 0.561. The minimum atomic E-state index is -3.78. The molecule has 3 aromatic rings. The maximum Gasteiger partial charge on any atom is 0.220 e. The van der Waals surface area contributed by atoms with E-state index in [1.54, 1.807) is 30.3 Å². The normalized spacial score (nSPS) is 14.8. The van der Waals surface area contributed by atoms with E-state index in [1.165, 1.54) is 6.20 Å². The van der Waals surface area contributed by atoms with Gasteiger partial charge in [-0.05, 0) is 59.5 Å². The van der Waals surface area contributed by atoms with Crippen LogP contribution in [0.5, 0.6) is 0 Å². The Morgan fingerprint density at radius 3 is 2.10 bits per heavy atom. The van der Waals surface area contributed by atoms with Gasteiger partial charge in [-0.15, -0.1) is 0 Å². The summed E-state index contributed by atoms with van der Waals surface area (Å²) in [6.07, 6.45) is 2.02. The van der Waals surface area contributed by atoms with Gasteiger partial charge >= 0.3 is 0 Å². The molecule has 1 aliphatic rings. The van der Waals surface area contributed by atoms with Crippen molar-refractivity contribution in [2.24, 2.45) is 0 Å². The summed E-state index contributed by atoms with van der Waals surface area (Å²) < 4.78 is 27.4. The molecule has 1 saturated heterocycles. The molecule has 1 aromatic heterocycles. The molecule has 0 spiro atoms. The number of hydrogen-bond donors (Lipinski definition) is 1. The highest BCUT2D eigenvalue weighted by Crippen LogP contribution is 2.38. The van der Waals surface area contributed by atoms with Gasteiger partial charge < -0.3 is 5.32 Å². The smallest absolute Gasteiger partial charge is 0.220 e. The lowest BCUT2D eigenvalue weighted by molar-refractivity contribution is 0.585. The molecule has 0 aliphatic carbocycles. The van der Waals surface area contributed by atoms with Crippen LogP contribution in [0.4, 0.5) is 0 Å². The van der Waals surface area contributed by atoms with Gasteiger partial charge in [-0.2, -0.15) is 0 Å². The van der Waals surface area contributed by atoms with Crippen molar-refractivity contribution in [3.8, 4) is 0 Å².